The van der Waals surface area contributed by atoms with Crippen molar-refractivity contribution in [1.29, 1.82) is 0 Å². The quantitative estimate of drug-likeness (QED) is 0.821. The second-order valence-corrected chi connectivity index (χ2v) is 4.73. The summed E-state index contributed by atoms with van der Waals surface area (Å²) in [6.07, 6.45) is 1.26. The Balaban J connectivity index is 2.50. The smallest absolute Gasteiger partial charge is 0.295 e. The van der Waals surface area contributed by atoms with E-state index in [0.717, 1.165) is 16.7 Å². The van der Waals surface area contributed by atoms with Crippen molar-refractivity contribution < 1.29 is 8.78 Å². The lowest BCUT2D eigenvalue weighted by molar-refractivity contribution is 0.538. The lowest BCUT2D eigenvalue weighted by Crippen LogP contribution is -2.31. The van der Waals surface area contributed by atoms with E-state index in [1.165, 1.54) is 12.3 Å². The minimum Gasteiger partial charge on any atom is -0.295 e. The van der Waals surface area contributed by atoms with Gasteiger partial charge in [-0.25, -0.2) is 13.6 Å². The van der Waals surface area contributed by atoms with Crippen LogP contribution in [0.15, 0.2) is 34.0 Å². The highest BCUT2D eigenvalue weighted by Gasteiger charge is 2.10. The molecule has 0 bridgehead atoms. The van der Waals surface area contributed by atoms with Crippen LogP contribution in [0.3, 0.4) is 0 Å². The van der Waals surface area contributed by atoms with Crippen LogP contribution in [-0.2, 0) is 6.54 Å². The molecular weight excluding hydrogens is 357 g/mol. The Morgan fingerprint density at radius 1 is 1.22 bits per heavy atom. The molecule has 0 fully saturated rings. The van der Waals surface area contributed by atoms with Crippen molar-refractivity contribution in [1.82, 2.24) is 9.55 Å². The van der Waals surface area contributed by atoms with Gasteiger partial charge in [0, 0.05) is 11.8 Å². The molecule has 0 spiro atoms. The predicted octanol–water partition coefficient (Wildman–Crippen LogP) is 1.47. The Hall–Kier alpha value is -1.51. The molecule has 4 nitrogen and oxygen atoms in total. The summed E-state index contributed by atoms with van der Waals surface area (Å²) in [6, 6.07) is 3.47. The van der Waals surface area contributed by atoms with Crippen molar-refractivity contribution in [2.75, 3.05) is 0 Å². The van der Waals surface area contributed by atoms with Crippen LogP contribution in [0.5, 0.6) is 0 Å². The van der Waals surface area contributed by atoms with Crippen LogP contribution >= 0.6 is 22.6 Å². The molecule has 0 radical (unpaired) electrons. The van der Waals surface area contributed by atoms with E-state index in [4.69, 9.17) is 0 Å². The molecular formula is C11H7F2IN2O2. The van der Waals surface area contributed by atoms with Crippen molar-refractivity contribution in [3.05, 3.63) is 66.0 Å². The van der Waals surface area contributed by atoms with Gasteiger partial charge in [-0.15, -0.1) is 0 Å². The summed E-state index contributed by atoms with van der Waals surface area (Å²) in [5, 5.41) is 0. The van der Waals surface area contributed by atoms with Crippen LogP contribution in [0.25, 0.3) is 0 Å². The normalized spacial score (nSPS) is 10.6. The molecule has 1 heterocycles. The zero-order valence-electron chi connectivity index (χ0n) is 8.91. The minimum absolute atomic E-state index is 0.220. The van der Waals surface area contributed by atoms with Crippen LogP contribution in [0, 0.1) is 15.2 Å². The first kappa shape index (κ1) is 12.9. The fraction of sp³-hybridized carbons (Fsp3) is 0.0909. The second kappa shape index (κ2) is 5.01. The molecule has 1 aromatic carbocycles. The fourth-order valence-corrected chi connectivity index (χ4v) is 1.92. The molecule has 1 aromatic heterocycles. The van der Waals surface area contributed by atoms with Gasteiger partial charge in [-0.05, 0) is 34.7 Å². The molecule has 0 unspecified atom stereocenters. The van der Waals surface area contributed by atoms with Gasteiger partial charge in [0.25, 0.3) is 5.56 Å². The zero-order chi connectivity index (χ0) is 13.3. The van der Waals surface area contributed by atoms with E-state index in [0.29, 0.717) is 0 Å². The van der Waals surface area contributed by atoms with Gasteiger partial charge in [-0.3, -0.25) is 14.3 Å². The maximum atomic E-state index is 13.4. The topological polar surface area (TPSA) is 54.9 Å². The first-order valence-corrected chi connectivity index (χ1v) is 5.99. The van der Waals surface area contributed by atoms with E-state index in [-0.39, 0.29) is 15.7 Å². The Labute approximate surface area is 113 Å². The van der Waals surface area contributed by atoms with E-state index in [9.17, 15) is 18.4 Å². The van der Waals surface area contributed by atoms with Gasteiger partial charge < -0.3 is 0 Å². The van der Waals surface area contributed by atoms with Crippen LogP contribution in [0.1, 0.15) is 5.56 Å². The number of aromatic amines is 1. The van der Waals surface area contributed by atoms with Crippen molar-refractivity contribution in [2.45, 2.75) is 6.54 Å². The lowest BCUT2D eigenvalue weighted by Gasteiger charge is -2.07. The standard InChI is InChI=1S/C11H7F2IN2O2/c12-7-2-1-3-8(13)6(7)4-16-5-9(14)10(17)15-11(16)18/h1-3,5H,4H2,(H,15,17,18). The van der Waals surface area contributed by atoms with Crippen molar-refractivity contribution >= 4 is 22.6 Å². The average molecular weight is 364 g/mol. The summed E-state index contributed by atoms with van der Waals surface area (Å²) in [5.74, 6) is -1.47. The molecule has 1 N–H and O–H groups in total. The number of benzene rings is 1. The Morgan fingerprint density at radius 2 is 1.83 bits per heavy atom. The largest absolute Gasteiger partial charge is 0.328 e. The number of H-pyrrole nitrogens is 1. The number of hydrogen-bond donors (Lipinski definition) is 1. The molecule has 0 saturated heterocycles. The molecule has 7 heteroatoms. The summed E-state index contributed by atoms with van der Waals surface area (Å²) in [6.45, 7) is -0.274. The van der Waals surface area contributed by atoms with Crippen molar-refractivity contribution in [2.24, 2.45) is 0 Å². The van der Waals surface area contributed by atoms with Crippen LogP contribution < -0.4 is 11.2 Å². The van der Waals surface area contributed by atoms with Gasteiger partial charge in [0.2, 0.25) is 0 Å². The number of halogens is 3. The highest BCUT2D eigenvalue weighted by Crippen LogP contribution is 2.12. The van der Waals surface area contributed by atoms with Crippen LogP contribution in [0.4, 0.5) is 8.78 Å². The second-order valence-electron chi connectivity index (χ2n) is 3.56. The molecule has 0 aliphatic heterocycles. The van der Waals surface area contributed by atoms with E-state index in [1.54, 1.807) is 22.6 Å². The summed E-state index contributed by atoms with van der Waals surface area (Å²) >= 11 is 1.74. The summed E-state index contributed by atoms with van der Waals surface area (Å²) in [7, 11) is 0. The van der Waals surface area contributed by atoms with Crippen molar-refractivity contribution in [3.8, 4) is 0 Å². The molecule has 18 heavy (non-hydrogen) atoms. The number of hydrogen-bond acceptors (Lipinski definition) is 2. The number of nitrogens with zero attached hydrogens (tertiary/aromatic N) is 1. The summed E-state index contributed by atoms with van der Waals surface area (Å²) in [5.41, 5.74) is -1.45. The van der Waals surface area contributed by atoms with Gasteiger partial charge in [0.05, 0.1) is 10.1 Å². The Bertz CT molecular complexity index is 689. The maximum Gasteiger partial charge on any atom is 0.328 e. The summed E-state index contributed by atoms with van der Waals surface area (Å²) in [4.78, 5) is 24.7. The van der Waals surface area contributed by atoms with E-state index >= 15 is 0 Å². The minimum atomic E-state index is -0.733. The van der Waals surface area contributed by atoms with Crippen LogP contribution in [0.2, 0.25) is 0 Å². The highest BCUT2D eigenvalue weighted by molar-refractivity contribution is 14.1. The van der Waals surface area contributed by atoms with E-state index in [2.05, 4.69) is 4.98 Å². The third-order valence-electron chi connectivity index (χ3n) is 2.36. The van der Waals surface area contributed by atoms with Gasteiger partial charge in [0.1, 0.15) is 11.6 Å². The molecule has 0 saturated carbocycles. The van der Waals surface area contributed by atoms with Crippen LogP contribution in [-0.4, -0.2) is 9.55 Å². The third-order valence-corrected chi connectivity index (χ3v) is 3.13. The average Bonchev–Trinajstić information content (AvgIpc) is 2.30. The Morgan fingerprint density at radius 3 is 2.44 bits per heavy atom. The lowest BCUT2D eigenvalue weighted by atomic mass is 10.2. The number of rotatable bonds is 2. The molecule has 2 rings (SSSR count). The van der Waals surface area contributed by atoms with Gasteiger partial charge in [-0.2, -0.15) is 0 Å². The Kier molecular flexibility index (Phi) is 3.60. The van der Waals surface area contributed by atoms with Gasteiger partial charge in [-0.1, -0.05) is 6.07 Å². The molecule has 2 aromatic rings. The molecule has 0 aliphatic carbocycles. The van der Waals surface area contributed by atoms with Gasteiger partial charge in [0.15, 0.2) is 0 Å². The molecule has 0 aliphatic rings. The highest BCUT2D eigenvalue weighted by atomic mass is 127. The SMILES string of the molecule is O=c1[nH]c(=O)n(Cc2c(F)cccc2F)cc1I. The van der Waals surface area contributed by atoms with Gasteiger partial charge >= 0.3 is 5.69 Å². The third kappa shape index (κ3) is 2.50. The monoisotopic (exact) mass is 364 g/mol. The first-order chi connectivity index (χ1) is 8.49. The number of nitrogens with one attached hydrogen (secondary N) is 1. The molecule has 94 valence electrons. The fourth-order valence-electron chi connectivity index (χ4n) is 1.45. The first-order valence-electron chi connectivity index (χ1n) is 4.91. The molecule has 0 amide bonds. The van der Waals surface area contributed by atoms with E-state index in [1.807, 2.05) is 0 Å². The maximum absolute atomic E-state index is 13.4. The molecule has 0 atom stereocenters. The van der Waals surface area contributed by atoms with Crippen molar-refractivity contribution in [3.63, 3.8) is 0 Å². The zero-order valence-corrected chi connectivity index (χ0v) is 11.1. The summed E-state index contributed by atoms with van der Waals surface area (Å²) < 4.78 is 28.2. The predicted molar refractivity (Wildman–Crippen MR) is 69.5 cm³/mol. The number of aromatic nitrogens is 2. The van der Waals surface area contributed by atoms with E-state index < -0.39 is 22.9 Å².